The Morgan fingerprint density at radius 2 is 2.00 bits per heavy atom. The summed E-state index contributed by atoms with van der Waals surface area (Å²) in [4.78, 5) is 0. The van der Waals surface area contributed by atoms with Crippen LogP contribution in [0, 0.1) is 0 Å². The van der Waals surface area contributed by atoms with Crippen molar-refractivity contribution in [1.29, 1.82) is 0 Å². The van der Waals surface area contributed by atoms with Gasteiger partial charge in [0.15, 0.2) is 11.5 Å². The number of allylic oxidation sites excluding steroid dienone is 1. The molecule has 0 amide bonds. The van der Waals surface area contributed by atoms with Crippen molar-refractivity contribution < 1.29 is 14.2 Å². The van der Waals surface area contributed by atoms with E-state index in [2.05, 4.69) is 13.2 Å². The molecule has 3 nitrogen and oxygen atoms in total. The van der Waals surface area contributed by atoms with E-state index in [9.17, 15) is 0 Å². The zero-order chi connectivity index (χ0) is 14.1. The predicted molar refractivity (Wildman–Crippen MR) is 77.9 cm³/mol. The molecule has 0 radical (unpaired) electrons. The molecular weight excluding hydrogens is 240 g/mol. The van der Waals surface area contributed by atoms with Gasteiger partial charge in [0.2, 0.25) is 0 Å². The lowest BCUT2D eigenvalue weighted by molar-refractivity contribution is 0.148. The summed E-state index contributed by atoms with van der Waals surface area (Å²) in [5, 5.41) is 0. The summed E-state index contributed by atoms with van der Waals surface area (Å²) in [5.74, 6) is 1.52. The summed E-state index contributed by atoms with van der Waals surface area (Å²) >= 11 is 0. The van der Waals surface area contributed by atoms with Crippen LogP contribution in [-0.4, -0.2) is 20.3 Å². The first-order valence-corrected chi connectivity index (χ1v) is 6.39. The SMILES string of the molecule is C=CCOCc1ccc(OC)c(OCC)c1CC=C. The first-order valence-electron chi connectivity index (χ1n) is 6.39. The molecule has 0 bridgehead atoms. The summed E-state index contributed by atoms with van der Waals surface area (Å²) in [6.45, 7) is 11.0. The van der Waals surface area contributed by atoms with E-state index in [0.717, 1.165) is 29.0 Å². The minimum absolute atomic E-state index is 0.527. The molecule has 0 unspecified atom stereocenters. The molecule has 19 heavy (non-hydrogen) atoms. The molecule has 0 heterocycles. The average Bonchev–Trinajstić information content (AvgIpc) is 2.42. The number of hydrogen-bond acceptors (Lipinski definition) is 3. The topological polar surface area (TPSA) is 27.7 Å². The molecule has 1 aromatic rings. The average molecular weight is 262 g/mol. The van der Waals surface area contributed by atoms with Gasteiger partial charge in [0, 0.05) is 5.56 Å². The van der Waals surface area contributed by atoms with E-state index < -0.39 is 0 Å². The maximum atomic E-state index is 5.71. The van der Waals surface area contributed by atoms with Crippen LogP contribution in [0.1, 0.15) is 18.1 Å². The highest BCUT2D eigenvalue weighted by Gasteiger charge is 2.14. The molecule has 0 aliphatic rings. The highest BCUT2D eigenvalue weighted by atomic mass is 16.5. The second-order valence-electron chi connectivity index (χ2n) is 3.96. The Morgan fingerprint density at radius 3 is 2.58 bits per heavy atom. The minimum Gasteiger partial charge on any atom is -0.493 e. The highest BCUT2D eigenvalue weighted by Crippen LogP contribution is 2.34. The monoisotopic (exact) mass is 262 g/mol. The number of benzene rings is 1. The van der Waals surface area contributed by atoms with E-state index in [1.807, 2.05) is 25.1 Å². The standard InChI is InChI=1S/C16H22O3/c1-5-8-14-13(12-18-11-6-2)9-10-15(17-4)16(14)19-7-3/h5-6,9-10H,1-2,7-8,11-12H2,3-4H3. The second kappa shape index (κ2) is 8.38. The van der Waals surface area contributed by atoms with Gasteiger partial charge in [-0.15, -0.1) is 13.2 Å². The van der Waals surface area contributed by atoms with Crippen LogP contribution in [0.25, 0.3) is 0 Å². The smallest absolute Gasteiger partial charge is 0.164 e. The third-order valence-corrected chi connectivity index (χ3v) is 2.67. The maximum absolute atomic E-state index is 5.71. The Hall–Kier alpha value is -1.74. The van der Waals surface area contributed by atoms with Gasteiger partial charge < -0.3 is 14.2 Å². The normalized spacial score (nSPS) is 10.0. The summed E-state index contributed by atoms with van der Waals surface area (Å²) in [5.41, 5.74) is 2.16. The molecule has 0 saturated heterocycles. The molecule has 0 fully saturated rings. The highest BCUT2D eigenvalue weighted by molar-refractivity contribution is 5.51. The Bertz CT molecular complexity index is 424. The van der Waals surface area contributed by atoms with Crippen molar-refractivity contribution in [2.45, 2.75) is 20.0 Å². The maximum Gasteiger partial charge on any atom is 0.164 e. The van der Waals surface area contributed by atoms with Crippen molar-refractivity contribution in [2.24, 2.45) is 0 Å². The summed E-state index contributed by atoms with van der Waals surface area (Å²) in [6, 6.07) is 3.91. The fourth-order valence-corrected chi connectivity index (χ4v) is 1.87. The van der Waals surface area contributed by atoms with Crippen molar-refractivity contribution in [2.75, 3.05) is 20.3 Å². The van der Waals surface area contributed by atoms with Crippen molar-refractivity contribution >= 4 is 0 Å². The van der Waals surface area contributed by atoms with Crippen LogP contribution < -0.4 is 9.47 Å². The molecule has 0 aliphatic carbocycles. The number of hydrogen-bond donors (Lipinski definition) is 0. The van der Waals surface area contributed by atoms with E-state index in [1.54, 1.807) is 13.2 Å². The van der Waals surface area contributed by atoms with Gasteiger partial charge in [0.1, 0.15) is 0 Å². The molecule has 1 rings (SSSR count). The number of methoxy groups -OCH3 is 1. The van der Waals surface area contributed by atoms with Gasteiger partial charge in [-0.3, -0.25) is 0 Å². The molecule has 0 saturated carbocycles. The number of ether oxygens (including phenoxy) is 3. The fourth-order valence-electron chi connectivity index (χ4n) is 1.87. The number of rotatable bonds is 9. The minimum atomic E-state index is 0.527. The van der Waals surface area contributed by atoms with Crippen molar-refractivity contribution in [1.82, 2.24) is 0 Å². The molecule has 0 N–H and O–H groups in total. The van der Waals surface area contributed by atoms with Gasteiger partial charge in [-0.25, -0.2) is 0 Å². The first-order chi connectivity index (χ1) is 9.28. The van der Waals surface area contributed by atoms with Crippen LogP contribution in [0.15, 0.2) is 37.4 Å². The zero-order valence-electron chi connectivity index (χ0n) is 11.8. The third kappa shape index (κ3) is 4.14. The molecular formula is C16H22O3. The Labute approximate surface area is 115 Å². The van der Waals surface area contributed by atoms with Crippen LogP contribution >= 0.6 is 0 Å². The molecule has 1 aromatic carbocycles. The largest absolute Gasteiger partial charge is 0.493 e. The van der Waals surface area contributed by atoms with Gasteiger partial charge in [0.05, 0.1) is 26.9 Å². The molecule has 3 heteroatoms. The molecule has 0 spiro atoms. The Kier molecular flexibility index (Phi) is 6.75. The fraction of sp³-hybridized carbons (Fsp3) is 0.375. The zero-order valence-corrected chi connectivity index (χ0v) is 11.8. The van der Waals surface area contributed by atoms with Crippen molar-refractivity contribution in [3.8, 4) is 11.5 Å². The lowest BCUT2D eigenvalue weighted by atomic mass is 10.0. The lowest BCUT2D eigenvalue weighted by Gasteiger charge is -2.17. The summed E-state index contributed by atoms with van der Waals surface area (Å²) < 4.78 is 16.6. The quantitative estimate of drug-likeness (QED) is 0.503. The lowest BCUT2D eigenvalue weighted by Crippen LogP contribution is -2.04. The van der Waals surface area contributed by atoms with Gasteiger partial charge in [-0.2, -0.15) is 0 Å². The van der Waals surface area contributed by atoms with E-state index in [4.69, 9.17) is 14.2 Å². The van der Waals surface area contributed by atoms with Crippen LogP contribution in [0.3, 0.4) is 0 Å². The van der Waals surface area contributed by atoms with Gasteiger partial charge >= 0.3 is 0 Å². The van der Waals surface area contributed by atoms with Gasteiger partial charge in [-0.05, 0) is 25.0 Å². The first kappa shape index (κ1) is 15.3. The van der Waals surface area contributed by atoms with Crippen molar-refractivity contribution in [3.63, 3.8) is 0 Å². The molecule has 0 atom stereocenters. The van der Waals surface area contributed by atoms with E-state index in [-0.39, 0.29) is 0 Å². The van der Waals surface area contributed by atoms with Crippen LogP contribution in [-0.2, 0) is 17.8 Å². The molecule has 104 valence electrons. The molecule has 0 aromatic heterocycles. The van der Waals surface area contributed by atoms with E-state index >= 15 is 0 Å². The third-order valence-electron chi connectivity index (χ3n) is 2.67. The second-order valence-corrected chi connectivity index (χ2v) is 3.96. The van der Waals surface area contributed by atoms with Gasteiger partial charge in [0.25, 0.3) is 0 Å². The summed E-state index contributed by atoms with van der Waals surface area (Å²) in [7, 11) is 1.64. The van der Waals surface area contributed by atoms with Crippen LogP contribution in [0.2, 0.25) is 0 Å². The Morgan fingerprint density at radius 1 is 1.21 bits per heavy atom. The molecule has 0 aliphatic heterocycles. The predicted octanol–water partition coefficient (Wildman–Crippen LogP) is 3.53. The van der Waals surface area contributed by atoms with Crippen LogP contribution in [0.4, 0.5) is 0 Å². The van der Waals surface area contributed by atoms with Crippen molar-refractivity contribution in [3.05, 3.63) is 48.6 Å². The van der Waals surface area contributed by atoms with E-state index in [0.29, 0.717) is 19.8 Å². The Balaban J connectivity index is 3.10. The van der Waals surface area contributed by atoms with E-state index in [1.165, 1.54) is 0 Å². The summed E-state index contributed by atoms with van der Waals surface area (Å²) in [6.07, 6.45) is 4.31. The van der Waals surface area contributed by atoms with Gasteiger partial charge in [-0.1, -0.05) is 18.2 Å². The van der Waals surface area contributed by atoms with Crippen LogP contribution in [0.5, 0.6) is 11.5 Å².